The molecule has 2 heterocycles. The summed E-state index contributed by atoms with van der Waals surface area (Å²) in [5.74, 6) is 2.82. The first-order valence-electron chi connectivity index (χ1n) is 10.2. The highest BCUT2D eigenvalue weighted by Gasteiger charge is 2.24. The van der Waals surface area contributed by atoms with Crippen LogP contribution in [0.5, 0.6) is 11.5 Å². The van der Waals surface area contributed by atoms with Crippen LogP contribution >= 0.6 is 0 Å². The summed E-state index contributed by atoms with van der Waals surface area (Å²) in [6.45, 7) is 2.97. The molecule has 3 aliphatic rings. The Labute approximate surface area is 166 Å². The van der Waals surface area contributed by atoms with Gasteiger partial charge in [-0.1, -0.05) is 36.4 Å². The molecular weight excluding hydrogens is 352 g/mol. The molecule has 1 aliphatic carbocycles. The summed E-state index contributed by atoms with van der Waals surface area (Å²) in [5.41, 5.74) is 2.71. The van der Waals surface area contributed by atoms with Crippen LogP contribution in [-0.4, -0.2) is 38.6 Å². The lowest BCUT2D eigenvalue weighted by Crippen LogP contribution is -2.07. The van der Waals surface area contributed by atoms with Gasteiger partial charge in [-0.3, -0.25) is 0 Å². The highest BCUT2D eigenvalue weighted by Crippen LogP contribution is 2.36. The fraction of sp³-hybridized carbons (Fsp3) is 0.417. The summed E-state index contributed by atoms with van der Waals surface area (Å²) in [6.07, 6.45) is 7.63. The molecular formula is C24H26O4. The lowest BCUT2D eigenvalue weighted by molar-refractivity contribution is 0.263. The van der Waals surface area contributed by atoms with Crippen LogP contribution in [0.4, 0.5) is 0 Å². The van der Waals surface area contributed by atoms with E-state index in [0.717, 1.165) is 37.6 Å². The number of hydrogen-bond donors (Lipinski definition) is 0. The maximum absolute atomic E-state index is 5.73. The molecule has 2 aliphatic heterocycles. The second-order valence-electron chi connectivity index (χ2n) is 7.85. The van der Waals surface area contributed by atoms with Crippen molar-refractivity contribution in [2.45, 2.75) is 36.9 Å². The Balaban J connectivity index is 1.16. The Kier molecular flexibility index (Phi) is 5.06. The number of rotatable bonds is 8. The molecule has 0 spiro atoms. The van der Waals surface area contributed by atoms with Gasteiger partial charge in [0.25, 0.3) is 0 Å². The van der Waals surface area contributed by atoms with Gasteiger partial charge in [0.05, 0.1) is 13.2 Å². The largest absolute Gasteiger partial charge is 0.491 e. The third-order valence-corrected chi connectivity index (χ3v) is 5.66. The molecule has 0 aromatic heterocycles. The molecule has 4 heteroatoms. The third kappa shape index (κ3) is 4.57. The molecule has 2 aromatic rings. The summed E-state index contributed by atoms with van der Waals surface area (Å²) in [4.78, 5) is 0. The standard InChI is InChI=1S/C24H26O4/c1-2-18(20-7-11-22(12-8-20)26-14-24-16-28-24)4-3-17(1)19-5-9-21(10-6-19)25-13-23-15-27-23/h1-2,5-12,17-18,23-24H,3-4,13-16H2. The molecule has 0 amide bonds. The summed E-state index contributed by atoms with van der Waals surface area (Å²) in [5, 5.41) is 0. The van der Waals surface area contributed by atoms with E-state index in [1.54, 1.807) is 0 Å². The predicted molar refractivity (Wildman–Crippen MR) is 107 cm³/mol. The van der Waals surface area contributed by atoms with E-state index in [1.807, 2.05) is 0 Å². The minimum atomic E-state index is 0.297. The molecule has 0 saturated carbocycles. The molecule has 0 bridgehead atoms. The Morgan fingerprint density at radius 1 is 0.643 bits per heavy atom. The molecule has 0 N–H and O–H groups in total. The molecule has 4 nitrogen and oxygen atoms in total. The summed E-state index contributed by atoms with van der Waals surface area (Å²) >= 11 is 0. The van der Waals surface area contributed by atoms with E-state index in [2.05, 4.69) is 60.7 Å². The quantitative estimate of drug-likeness (QED) is 0.502. The minimum Gasteiger partial charge on any atom is -0.491 e. The molecule has 2 aromatic carbocycles. The lowest BCUT2D eigenvalue weighted by Gasteiger charge is -2.24. The van der Waals surface area contributed by atoms with Gasteiger partial charge in [-0.05, 0) is 48.2 Å². The first kappa shape index (κ1) is 17.8. The topological polar surface area (TPSA) is 43.5 Å². The van der Waals surface area contributed by atoms with Gasteiger partial charge in [0.1, 0.15) is 36.9 Å². The Bertz CT molecular complexity index is 734. The van der Waals surface area contributed by atoms with Crippen LogP contribution < -0.4 is 9.47 Å². The maximum atomic E-state index is 5.73. The average Bonchev–Trinajstić information content (AvgIpc) is 3.67. The monoisotopic (exact) mass is 378 g/mol. The van der Waals surface area contributed by atoms with Crippen molar-refractivity contribution in [3.05, 3.63) is 71.8 Å². The van der Waals surface area contributed by atoms with Crippen molar-refractivity contribution in [1.82, 2.24) is 0 Å². The van der Waals surface area contributed by atoms with Crippen molar-refractivity contribution < 1.29 is 18.9 Å². The van der Waals surface area contributed by atoms with E-state index in [0.29, 0.717) is 37.3 Å². The van der Waals surface area contributed by atoms with Crippen molar-refractivity contribution >= 4 is 0 Å². The molecule has 4 atom stereocenters. The van der Waals surface area contributed by atoms with Gasteiger partial charge in [-0.2, -0.15) is 0 Å². The van der Waals surface area contributed by atoms with Crippen molar-refractivity contribution in [2.75, 3.05) is 26.4 Å². The zero-order valence-electron chi connectivity index (χ0n) is 16.0. The summed E-state index contributed by atoms with van der Waals surface area (Å²) in [7, 11) is 0. The molecule has 4 unspecified atom stereocenters. The van der Waals surface area contributed by atoms with E-state index < -0.39 is 0 Å². The van der Waals surface area contributed by atoms with Gasteiger partial charge in [0.2, 0.25) is 0 Å². The van der Waals surface area contributed by atoms with Crippen LogP contribution in [0.25, 0.3) is 0 Å². The second-order valence-corrected chi connectivity index (χ2v) is 7.85. The van der Waals surface area contributed by atoms with E-state index in [4.69, 9.17) is 18.9 Å². The maximum Gasteiger partial charge on any atom is 0.119 e. The summed E-state index contributed by atoms with van der Waals surface area (Å²) in [6, 6.07) is 17.0. The fourth-order valence-electron chi connectivity index (χ4n) is 3.70. The van der Waals surface area contributed by atoms with Crippen molar-refractivity contribution in [3.8, 4) is 11.5 Å². The smallest absolute Gasteiger partial charge is 0.119 e. The molecule has 2 fully saturated rings. The van der Waals surface area contributed by atoms with E-state index in [-0.39, 0.29) is 0 Å². The highest BCUT2D eigenvalue weighted by atomic mass is 16.6. The van der Waals surface area contributed by atoms with E-state index in [1.165, 1.54) is 11.1 Å². The van der Waals surface area contributed by atoms with Gasteiger partial charge >= 0.3 is 0 Å². The number of epoxide rings is 2. The minimum absolute atomic E-state index is 0.297. The van der Waals surface area contributed by atoms with Gasteiger partial charge < -0.3 is 18.9 Å². The van der Waals surface area contributed by atoms with Crippen molar-refractivity contribution in [1.29, 1.82) is 0 Å². The van der Waals surface area contributed by atoms with E-state index in [9.17, 15) is 0 Å². The van der Waals surface area contributed by atoms with Gasteiger partial charge in [-0.15, -0.1) is 0 Å². The zero-order chi connectivity index (χ0) is 18.8. The fourth-order valence-corrected chi connectivity index (χ4v) is 3.70. The Hall–Kier alpha value is -2.30. The van der Waals surface area contributed by atoms with E-state index >= 15 is 0 Å². The van der Waals surface area contributed by atoms with Crippen molar-refractivity contribution in [2.24, 2.45) is 0 Å². The third-order valence-electron chi connectivity index (χ3n) is 5.66. The zero-order valence-corrected chi connectivity index (χ0v) is 16.0. The SMILES string of the molecule is C1=CC(c2ccc(OCC3CO3)cc2)CCC1c1ccc(OCC2CO2)cc1. The summed E-state index contributed by atoms with van der Waals surface area (Å²) < 4.78 is 21.8. The molecule has 0 radical (unpaired) electrons. The predicted octanol–water partition coefficient (Wildman–Crippen LogP) is 4.46. The van der Waals surface area contributed by atoms with Crippen LogP contribution in [0.1, 0.15) is 35.8 Å². The molecule has 28 heavy (non-hydrogen) atoms. The van der Waals surface area contributed by atoms with Crippen LogP contribution in [0.3, 0.4) is 0 Å². The number of benzene rings is 2. The molecule has 5 rings (SSSR count). The van der Waals surface area contributed by atoms with Crippen LogP contribution in [0.15, 0.2) is 60.7 Å². The van der Waals surface area contributed by atoms with Crippen LogP contribution in [-0.2, 0) is 9.47 Å². The first-order chi connectivity index (χ1) is 13.8. The normalized spacial score (nSPS) is 28.0. The first-order valence-corrected chi connectivity index (χ1v) is 10.2. The van der Waals surface area contributed by atoms with Crippen molar-refractivity contribution in [3.63, 3.8) is 0 Å². The molecule has 2 saturated heterocycles. The lowest BCUT2D eigenvalue weighted by atomic mass is 9.81. The second kappa shape index (κ2) is 7.98. The Morgan fingerprint density at radius 3 is 1.36 bits per heavy atom. The van der Waals surface area contributed by atoms with Gasteiger partial charge in [0.15, 0.2) is 0 Å². The van der Waals surface area contributed by atoms with Crippen LogP contribution in [0, 0.1) is 0 Å². The van der Waals surface area contributed by atoms with Gasteiger partial charge in [0, 0.05) is 11.8 Å². The van der Waals surface area contributed by atoms with Crippen LogP contribution in [0.2, 0.25) is 0 Å². The average molecular weight is 378 g/mol. The molecule has 146 valence electrons. The number of allylic oxidation sites excluding steroid dienone is 2. The highest BCUT2D eigenvalue weighted by molar-refractivity contribution is 5.36. The number of ether oxygens (including phenoxy) is 4. The number of hydrogen-bond acceptors (Lipinski definition) is 4. The van der Waals surface area contributed by atoms with Gasteiger partial charge in [-0.25, -0.2) is 0 Å². The Morgan fingerprint density at radius 2 is 1.04 bits per heavy atom.